The van der Waals surface area contributed by atoms with Gasteiger partial charge in [-0.25, -0.2) is 4.99 Å². The van der Waals surface area contributed by atoms with Gasteiger partial charge in [0.1, 0.15) is 17.1 Å². The third-order valence-corrected chi connectivity index (χ3v) is 3.20. The number of aliphatic imine (C=N–C) groups is 1. The number of rotatable bonds is 5. The first-order chi connectivity index (χ1) is 8.69. The first-order valence-electron chi connectivity index (χ1n) is 6.47. The summed E-state index contributed by atoms with van der Waals surface area (Å²) in [7, 11) is 0. The summed E-state index contributed by atoms with van der Waals surface area (Å²) < 4.78 is 0. The Balaban J connectivity index is 2.84. The van der Waals surface area contributed by atoms with Gasteiger partial charge in [-0.3, -0.25) is 0 Å². The average molecular weight is 266 g/mol. The van der Waals surface area contributed by atoms with Gasteiger partial charge in [0.2, 0.25) is 0 Å². The number of nitriles is 1. The number of hydrogen-bond donors (Lipinski definition) is 0. The highest BCUT2D eigenvalue weighted by molar-refractivity contribution is 6.70. The molecule has 0 aromatic heterocycles. The van der Waals surface area contributed by atoms with Gasteiger partial charge in [-0.2, -0.15) is 5.26 Å². The van der Waals surface area contributed by atoms with Gasteiger partial charge in [-0.15, -0.1) is 0 Å². The maximum Gasteiger partial charge on any atom is 0.148 e. The molecule has 0 spiro atoms. The summed E-state index contributed by atoms with van der Waals surface area (Å²) in [5.74, 6) is 0.887. The van der Waals surface area contributed by atoms with Crippen LogP contribution < -0.4 is 0 Å². The molecule has 1 rings (SSSR count). The number of allylic oxidation sites excluding steroid dienone is 2. The van der Waals surface area contributed by atoms with E-state index in [0.717, 1.165) is 31.8 Å². The lowest BCUT2D eigenvalue weighted by Crippen LogP contribution is -2.28. The highest BCUT2D eigenvalue weighted by Gasteiger charge is 2.13. The Morgan fingerprint density at radius 2 is 2.11 bits per heavy atom. The SMILES string of the molecule is C=C(C#N)/C(Cl)=N\C(=C/CCC)N1CCCCC1. The zero-order chi connectivity index (χ0) is 13.4. The van der Waals surface area contributed by atoms with Crippen LogP contribution >= 0.6 is 11.6 Å². The molecule has 0 amide bonds. The van der Waals surface area contributed by atoms with Gasteiger partial charge in [-0.1, -0.05) is 31.5 Å². The van der Waals surface area contributed by atoms with Crippen LogP contribution in [0.5, 0.6) is 0 Å². The molecule has 4 heteroatoms. The molecule has 3 nitrogen and oxygen atoms in total. The smallest absolute Gasteiger partial charge is 0.148 e. The van der Waals surface area contributed by atoms with Crippen molar-refractivity contribution in [1.82, 2.24) is 4.90 Å². The van der Waals surface area contributed by atoms with Crippen molar-refractivity contribution in [3.05, 3.63) is 24.0 Å². The first kappa shape index (κ1) is 14.8. The molecule has 0 radical (unpaired) electrons. The van der Waals surface area contributed by atoms with E-state index in [4.69, 9.17) is 16.9 Å². The second kappa shape index (κ2) is 7.94. The monoisotopic (exact) mass is 265 g/mol. The predicted octanol–water partition coefficient (Wildman–Crippen LogP) is 3.83. The fourth-order valence-corrected chi connectivity index (χ4v) is 1.98. The molecule has 1 fully saturated rings. The predicted molar refractivity (Wildman–Crippen MR) is 76.5 cm³/mol. The second-order valence-corrected chi connectivity index (χ2v) is 4.75. The topological polar surface area (TPSA) is 39.4 Å². The summed E-state index contributed by atoms with van der Waals surface area (Å²) in [5, 5.41) is 8.96. The van der Waals surface area contributed by atoms with Crippen molar-refractivity contribution in [3.63, 3.8) is 0 Å². The second-order valence-electron chi connectivity index (χ2n) is 4.39. The Morgan fingerprint density at radius 3 is 2.67 bits per heavy atom. The van der Waals surface area contributed by atoms with Gasteiger partial charge in [-0.05, 0) is 31.8 Å². The molecule has 0 saturated carbocycles. The first-order valence-corrected chi connectivity index (χ1v) is 6.85. The van der Waals surface area contributed by atoms with Crippen LogP contribution in [0, 0.1) is 11.3 Å². The lowest BCUT2D eigenvalue weighted by atomic mass is 10.1. The largest absolute Gasteiger partial charge is 0.357 e. The quantitative estimate of drug-likeness (QED) is 0.560. The number of halogens is 1. The van der Waals surface area contributed by atoms with E-state index in [1.54, 1.807) is 0 Å². The van der Waals surface area contributed by atoms with E-state index in [9.17, 15) is 0 Å². The molecule has 0 bridgehead atoms. The van der Waals surface area contributed by atoms with Gasteiger partial charge in [0.05, 0.1) is 5.57 Å². The fourth-order valence-electron chi connectivity index (χ4n) is 1.86. The summed E-state index contributed by atoms with van der Waals surface area (Å²) in [6.07, 6.45) is 7.80. The molecule has 0 aromatic carbocycles. The molecule has 0 aromatic rings. The Morgan fingerprint density at radius 1 is 1.44 bits per heavy atom. The van der Waals surface area contributed by atoms with Crippen LogP contribution in [0.25, 0.3) is 0 Å². The summed E-state index contributed by atoms with van der Waals surface area (Å²) in [6.45, 7) is 7.74. The third-order valence-electron chi connectivity index (χ3n) is 2.89. The summed E-state index contributed by atoms with van der Waals surface area (Å²) >= 11 is 5.98. The number of unbranched alkanes of at least 4 members (excludes halogenated alkanes) is 1. The average Bonchev–Trinajstić information content (AvgIpc) is 2.43. The molecule has 0 atom stereocenters. The Bertz CT molecular complexity index is 384. The van der Waals surface area contributed by atoms with Crippen LogP contribution in [0.15, 0.2) is 29.0 Å². The molecule has 1 aliphatic rings. The van der Waals surface area contributed by atoms with Gasteiger partial charge >= 0.3 is 0 Å². The fraction of sp³-hybridized carbons (Fsp3) is 0.571. The summed E-state index contributed by atoms with van der Waals surface area (Å²) in [4.78, 5) is 6.60. The molecule has 98 valence electrons. The minimum atomic E-state index is 0.199. The molecular weight excluding hydrogens is 246 g/mol. The van der Waals surface area contributed by atoms with Crippen molar-refractivity contribution in [2.75, 3.05) is 13.1 Å². The van der Waals surface area contributed by atoms with Crippen LogP contribution in [-0.4, -0.2) is 23.2 Å². The normalized spacial score (nSPS) is 17.5. The maximum absolute atomic E-state index is 8.76. The third kappa shape index (κ3) is 4.54. The zero-order valence-corrected chi connectivity index (χ0v) is 11.7. The van der Waals surface area contributed by atoms with E-state index >= 15 is 0 Å². The molecular formula is C14H20ClN3. The lowest BCUT2D eigenvalue weighted by molar-refractivity contribution is 0.282. The minimum absolute atomic E-state index is 0.199. The van der Waals surface area contributed by atoms with Gasteiger partial charge < -0.3 is 4.90 Å². The standard InChI is InChI=1S/C14H20ClN3/c1-3-4-8-13(17-14(15)12(2)11-16)18-9-6-5-7-10-18/h8H,2-7,9-10H2,1H3/b13-8+,17-14+. The number of piperidine rings is 1. The van der Waals surface area contributed by atoms with E-state index in [-0.39, 0.29) is 10.7 Å². The van der Waals surface area contributed by atoms with Crippen LogP contribution in [0.1, 0.15) is 39.0 Å². The van der Waals surface area contributed by atoms with Crippen LogP contribution in [0.2, 0.25) is 0 Å². The minimum Gasteiger partial charge on any atom is -0.357 e. The number of hydrogen-bond acceptors (Lipinski definition) is 3. The highest BCUT2D eigenvalue weighted by atomic mass is 35.5. The molecule has 1 heterocycles. The van der Waals surface area contributed by atoms with Crippen molar-refractivity contribution in [3.8, 4) is 6.07 Å². The molecule has 0 unspecified atom stereocenters. The van der Waals surface area contributed by atoms with E-state index in [1.807, 2.05) is 6.07 Å². The van der Waals surface area contributed by atoms with Crippen molar-refractivity contribution < 1.29 is 0 Å². The Hall–Kier alpha value is -1.27. The van der Waals surface area contributed by atoms with E-state index in [1.165, 1.54) is 19.3 Å². The van der Waals surface area contributed by atoms with E-state index < -0.39 is 0 Å². The number of nitrogens with zero attached hydrogens (tertiary/aromatic N) is 3. The molecule has 0 N–H and O–H groups in total. The molecule has 1 saturated heterocycles. The summed E-state index contributed by atoms with van der Waals surface area (Å²) in [6, 6.07) is 1.93. The Kier molecular flexibility index (Phi) is 6.53. The van der Waals surface area contributed by atoms with Gasteiger partial charge in [0.15, 0.2) is 0 Å². The van der Waals surface area contributed by atoms with E-state index in [2.05, 4.69) is 29.5 Å². The van der Waals surface area contributed by atoms with Crippen molar-refractivity contribution in [2.45, 2.75) is 39.0 Å². The molecule has 1 aliphatic heterocycles. The van der Waals surface area contributed by atoms with Gasteiger partial charge in [0.25, 0.3) is 0 Å². The van der Waals surface area contributed by atoms with Crippen molar-refractivity contribution >= 4 is 16.8 Å². The van der Waals surface area contributed by atoms with Crippen molar-refractivity contribution in [1.29, 1.82) is 5.26 Å². The van der Waals surface area contributed by atoms with Gasteiger partial charge in [0, 0.05) is 13.1 Å². The van der Waals surface area contributed by atoms with Crippen LogP contribution in [0.3, 0.4) is 0 Å². The van der Waals surface area contributed by atoms with E-state index in [0.29, 0.717) is 0 Å². The van der Waals surface area contributed by atoms with Crippen LogP contribution in [0.4, 0.5) is 0 Å². The van der Waals surface area contributed by atoms with Crippen molar-refractivity contribution in [2.24, 2.45) is 4.99 Å². The Labute approximate surface area is 114 Å². The maximum atomic E-state index is 8.76. The number of likely N-dealkylation sites (tertiary alicyclic amines) is 1. The molecule has 0 aliphatic carbocycles. The van der Waals surface area contributed by atoms with Crippen LogP contribution in [-0.2, 0) is 0 Å². The molecule has 18 heavy (non-hydrogen) atoms. The zero-order valence-electron chi connectivity index (χ0n) is 11.0. The highest BCUT2D eigenvalue weighted by Crippen LogP contribution is 2.18. The lowest BCUT2D eigenvalue weighted by Gasteiger charge is -2.29. The summed E-state index contributed by atoms with van der Waals surface area (Å²) in [5.41, 5.74) is 0.219.